The molecule has 2 rings (SSSR count). The highest BCUT2D eigenvalue weighted by Gasteiger charge is 2.20. The van der Waals surface area contributed by atoms with Crippen LogP contribution < -0.4 is 10.6 Å². The minimum atomic E-state index is -0.00675. The smallest absolute Gasteiger partial charge is 0.237 e. The van der Waals surface area contributed by atoms with Crippen LogP contribution >= 0.6 is 11.3 Å². The molecule has 0 spiro atoms. The van der Waals surface area contributed by atoms with E-state index in [1.165, 1.54) is 24.1 Å². The predicted octanol–water partition coefficient (Wildman–Crippen LogP) is 2.85. The van der Waals surface area contributed by atoms with E-state index in [1.54, 1.807) is 11.3 Å². The van der Waals surface area contributed by atoms with Crippen LogP contribution in [0.2, 0.25) is 0 Å². The summed E-state index contributed by atoms with van der Waals surface area (Å²) in [6, 6.07) is 4.20. The molecule has 2 N–H and O–H groups in total. The third-order valence-corrected chi connectivity index (χ3v) is 4.51. The molecule has 0 aromatic carbocycles. The molecule has 2 heterocycles. The van der Waals surface area contributed by atoms with Gasteiger partial charge in [-0.2, -0.15) is 0 Å². The van der Waals surface area contributed by atoms with E-state index in [0.717, 1.165) is 19.4 Å². The van der Waals surface area contributed by atoms with Gasteiger partial charge in [0.05, 0.1) is 12.1 Å². The highest BCUT2D eigenvalue weighted by Crippen LogP contribution is 2.18. The standard InChI is InChI=1S/C14H22N2OS/c1-11(13-8-6-10-18-13)16-14(17)12-7-4-2-3-5-9-15-12/h6,8,10-12,15H,2-5,7,9H2,1H3,(H,16,17)/t11-,12?/m1/s1. The number of hydrogen-bond acceptors (Lipinski definition) is 3. The fraction of sp³-hybridized carbons (Fsp3) is 0.643. The van der Waals surface area contributed by atoms with E-state index in [2.05, 4.69) is 16.7 Å². The molecule has 1 saturated heterocycles. The molecule has 3 nitrogen and oxygen atoms in total. The molecular formula is C14H22N2OS. The first kappa shape index (κ1) is 13.6. The molecule has 18 heavy (non-hydrogen) atoms. The van der Waals surface area contributed by atoms with Crippen LogP contribution in [0.3, 0.4) is 0 Å². The van der Waals surface area contributed by atoms with Gasteiger partial charge >= 0.3 is 0 Å². The molecule has 0 bridgehead atoms. The van der Waals surface area contributed by atoms with Crippen molar-refractivity contribution in [3.8, 4) is 0 Å². The van der Waals surface area contributed by atoms with Gasteiger partial charge in [-0.25, -0.2) is 0 Å². The Bertz CT molecular complexity index is 356. The lowest BCUT2D eigenvalue weighted by atomic mass is 10.0. The van der Waals surface area contributed by atoms with Crippen LogP contribution in [0.4, 0.5) is 0 Å². The van der Waals surface area contributed by atoms with Crippen LogP contribution in [0.5, 0.6) is 0 Å². The van der Waals surface area contributed by atoms with Crippen LogP contribution in [-0.4, -0.2) is 18.5 Å². The van der Waals surface area contributed by atoms with Crippen LogP contribution in [0.1, 0.15) is 49.9 Å². The lowest BCUT2D eigenvalue weighted by Gasteiger charge is -2.22. The van der Waals surface area contributed by atoms with Gasteiger partial charge in [-0.15, -0.1) is 11.3 Å². The Morgan fingerprint density at radius 2 is 2.28 bits per heavy atom. The van der Waals surface area contributed by atoms with E-state index in [4.69, 9.17) is 0 Å². The third kappa shape index (κ3) is 3.82. The molecule has 1 fully saturated rings. The summed E-state index contributed by atoms with van der Waals surface area (Å²) in [5.74, 6) is 0.151. The molecular weight excluding hydrogens is 244 g/mol. The summed E-state index contributed by atoms with van der Waals surface area (Å²) >= 11 is 1.69. The fourth-order valence-corrected chi connectivity index (χ4v) is 3.09. The van der Waals surface area contributed by atoms with E-state index < -0.39 is 0 Å². The lowest BCUT2D eigenvalue weighted by Crippen LogP contribution is -2.45. The highest BCUT2D eigenvalue weighted by atomic mass is 32.1. The van der Waals surface area contributed by atoms with Crippen LogP contribution in [0, 0.1) is 0 Å². The average Bonchev–Trinajstić information content (AvgIpc) is 2.81. The van der Waals surface area contributed by atoms with E-state index >= 15 is 0 Å². The van der Waals surface area contributed by atoms with Gasteiger partial charge in [0.1, 0.15) is 0 Å². The van der Waals surface area contributed by atoms with Gasteiger partial charge in [0.15, 0.2) is 0 Å². The molecule has 1 aliphatic heterocycles. The molecule has 1 unspecified atom stereocenters. The zero-order valence-corrected chi connectivity index (χ0v) is 11.8. The molecule has 1 aliphatic rings. The second-order valence-corrected chi connectivity index (χ2v) is 5.93. The molecule has 0 radical (unpaired) electrons. The molecule has 0 aliphatic carbocycles. The first-order valence-corrected chi connectivity index (χ1v) is 7.72. The Kier molecular flexibility index (Phi) is 5.20. The summed E-state index contributed by atoms with van der Waals surface area (Å²) in [6.07, 6.45) is 5.84. The normalized spacial score (nSPS) is 22.8. The van der Waals surface area contributed by atoms with Gasteiger partial charge in [0.2, 0.25) is 5.91 Å². The zero-order chi connectivity index (χ0) is 12.8. The van der Waals surface area contributed by atoms with Crippen molar-refractivity contribution in [2.24, 2.45) is 0 Å². The predicted molar refractivity (Wildman–Crippen MR) is 75.8 cm³/mol. The monoisotopic (exact) mass is 266 g/mol. The Labute approximate surface area is 113 Å². The molecule has 1 amide bonds. The van der Waals surface area contributed by atoms with Crippen molar-refractivity contribution in [2.75, 3.05) is 6.54 Å². The second kappa shape index (κ2) is 6.90. The van der Waals surface area contributed by atoms with Crippen LogP contribution in [0.15, 0.2) is 17.5 Å². The highest BCUT2D eigenvalue weighted by molar-refractivity contribution is 7.10. The van der Waals surface area contributed by atoms with Crippen molar-refractivity contribution in [1.82, 2.24) is 10.6 Å². The maximum absolute atomic E-state index is 12.2. The number of rotatable bonds is 3. The molecule has 1 aromatic heterocycles. The number of nitrogens with one attached hydrogen (secondary N) is 2. The number of thiophene rings is 1. The van der Waals surface area contributed by atoms with Gasteiger partial charge in [-0.05, 0) is 37.8 Å². The molecule has 4 heteroatoms. The average molecular weight is 266 g/mol. The van der Waals surface area contributed by atoms with E-state index in [-0.39, 0.29) is 18.0 Å². The lowest BCUT2D eigenvalue weighted by molar-refractivity contribution is -0.124. The Morgan fingerprint density at radius 1 is 1.44 bits per heavy atom. The van der Waals surface area contributed by atoms with Crippen molar-refractivity contribution in [3.05, 3.63) is 22.4 Å². The third-order valence-electron chi connectivity index (χ3n) is 3.46. The summed E-state index contributed by atoms with van der Waals surface area (Å²) in [5, 5.41) is 8.52. The molecule has 1 aromatic rings. The maximum atomic E-state index is 12.2. The Morgan fingerprint density at radius 3 is 3.06 bits per heavy atom. The van der Waals surface area contributed by atoms with Crippen molar-refractivity contribution in [1.29, 1.82) is 0 Å². The minimum Gasteiger partial charge on any atom is -0.347 e. The van der Waals surface area contributed by atoms with Gasteiger partial charge in [0, 0.05) is 4.88 Å². The number of carbonyl (C=O) groups excluding carboxylic acids is 1. The summed E-state index contributed by atoms with van der Waals surface area (Å²) in [6.45, 7) is 3.01. The first-order valence-electron chi connectivity index (χ1n) is 6.84. The number of hydrogen-bond donors (Lipinski definition) is 2. The van der Waals surface area contributed by atoms with Crippen molar-refractivity contribution in [2.45, 2.75) is 51.1 Å². The number of amides is 1. The van der Waals surface area contributed by atoms with Gasteiger partial charge < -0.3 is 10.6 Å². The summed E-state index contributed by atoms with van der Waals surface area (Å²) in [7, 11) is 0. The SMILES string of the molecule is C[C@@H](NC(=O)C1CCCCCCN1)c1cccs1. The van der Waals surface area contributed by atoms with Crippen molar-refractivity contribution in [3.63, 3.8) is 0 Å². The quantitative estimate of drug-likeness (QED) is 0.883. The Hall–Kier alpha value is -0.870. The van der Waals surface area contributed by atoms with Gasteiger partial charge in [0.25, 0.3) is 0 Å². The topological polar surface area (TPSA) is 41.1 Å². The largest absolute Gasteiger partial charge is 0.347 e. The van der Waals surface area contributed by atoms with Crippen LogP contribution in [0.25, 0.3) is 0 Å². The maximum Gasteiger partial charge on any atom is 0.237 e. The van der Waals surface area contributed by atoms with E-state index in [1.807, 2.05) is 18.4 Å². The Balaban J connectivity index is 1.86. The van der Waals surface area contributed by atoms with Crippen molar-refractivity contribution >= 4 is 17.2 Å². The summed E-state index contributed by atoms with van der Waals surface area (Å²) < 4.78 is 0. The van der Waals surface area contributed by atoms with Gasteiger partial charge in [-0.1, -0.05) is 25.3 Å². The first-order chi connectivity index (χ1) is 8.77. The molecule has 2 atom stereocenters. The summed E-state index contributed by atoms with van der Waals surface area (Å²) in [5.41, 5.74) is 0. The van der Waals surface area contributed by atoms with E-state index in [0.29, 0.717) is 0 Å². The molecule has 0 saturated carbocycles. The number of carbonyl (C=O) groups is 1. The van der Waals surface area contributed by atoms with Crippen LogP contribution in [-0.2, 0) is 4.79 Å². The minimum absolute atomic E-state index is 0.00675. The summed E-state index contributed by atoms with van der Waals surface area (Å²) in [4.78, 5) is 13.4. The fourth-order valence-electron chi connectivity index (χ4n) is 2.35. The second-order valence-electron chi connectivity index (χ2n) is 4.96. The zero-order valence-electron chi connectivity index (χ0n) is 10.9. The van der Waals surface area contributed by atoms with Crippen molar-refractivity contribution < 1.29 is 4.79 Å². The van der Waals surface area contributed by atoms with E-state index in [9.17, 15) is 4.79 Å². The van der Waals surface area contributed by atoms with Gasteiger partial charge in [-0.3, -0.25) is 4.79 Å². The molecule has 100 valence electrons.